The van der Waals surface area contributed by atoms with Gasteiger partial charge in [-0.15, -0.1) is 0 Å². The van der Waals surface area contributed by atoms with E-state index in [-0.39, 0.29) is 22.1 Å². The molecule has 0 unspecified atom stereocenters. The normalized spacial score (nSPS) is 11.7. The van der Waals surface area contributed by atoms with Gasteiger partial charge in [-0.25, -0.2) is 13.2 Å². The lowest BCUT2D eigenvalue weighted by Gasteiger charge is -2.12. The predicted octanol–water partition coefficient (Wildman–Crippen LogP) is 2.59. The molecule has 1 aromatic carbocycles. The maximum Gasteiger partial charge on any atom is 0.335 e. The minimum absolute atomic E-state index is 0.0940. The first-order valence-electron chi connectivity index (χ1n) is 5.96. The molecule has 0 spiro atoms. The van der Waals surface area contributed by atoms with E-state index in [9.17, 15) is 13.2 Å². The van der Waals surface area contributed by atoms with Gasteiger partial charge in [0.15, 0.2) is 9.84 Å². The van der Waals surface area contributed by atoms with Gasteiger partial charge < -0.3 is 5.11 Å². The van der Waals surface area contributed by atoms with Crippen LogP contribution in [0.15, 0.2) is 29.2 Å². The smallest absolute Gasteiger partial charge is 0.335 e. The first-order valence-corrected chi connectivity index (χ1v) is 7.62. The van der Waals surface area contributed by atoms with Gasteiger partial charge in [0, 0.05) is 0 Å². The Labute approximate surface area is 108 Å². The summed E-state index contributed by atoms with van der Waals surface area (Å²) in [5.74, 6) is -0.792. The van der Waals surface area contributed by atoms with E-state index < -0.39 is 15.8 Å². The Kier molecular flexibility index (Phi) is 4.90. The zero-order valence-electron chi connectivity index (χ0n) is 10.6. The highest BCUT2D eigenvalue weighted by Gasteiger charge is 2.19. The van der Waals surface area contributed by atoms with Gasteiger partial charge >= 0.3 is 5.97 Å². The third kappa shape index (κ3) is 3.57. The molecular weight excluding hydrogens is 252 g/mol. The second kappa shape index (κ2) is 6.00. The van der Waals surface area contributed by atoms with Crippen LogP contribution in [0.25, 0.3) is 0 Å². The van der Waals surface area contributed by atoms with Gasteiger partial charge in [0.05, 0.1) is 16.2 Å². The molecule has 0 aliphatic carbocycles. The van der Waals surface area contributed by atoms with E-state index >= 15 is 0 Å². The van der Waals surface area contributed by atoms with Crippen LogP contribution in [0.3, 0.4) is 0 Å². The van der Waals surface area contributed by atoms with Crippen LogP contribution >= 0.6 is 0 Å². The highest BCUT2D eigenvalue weighted by Crippen LogP contribution is 2.18. The minimum Gasteiger partial charge on any atom is -0.478 e. The summed E-state index contributed by atoms with van der Waals surface area (Å²) in [5, 5.41) is 8.75. The zero-order chi connectivity index (χ0) is 13.8. The maximum absolute atomic E-state index is 12.1. The lowest BCUT2D eigenvalue weighted by molar-refractivity contribution is 0.0697. The lowest BCUT2D eigenvalue weighted by atomic mass is 10.1. The average Bonchev–Trinajstić information content (AvgIpc) is 2.36. The van der Waals surface area contributed by atoms with Crippen molar-refractivity contribution in [1.82, 2.24) is 0 Å². The number of aromatic carboxylic acids is 1. The molecule has 100 valence electrons. The lowest BCUT2D eigenvalue weighted by Crippen LogP contribution is -2.15. The van der Waals surface area contributed by atoms with Crippen molar-refractivity contribution in [3.63, 3.8) is 0 Å². The van der Waals surface area contributed by atoms with Crippen molar-refractivity contribution in [2.24, 2.45) is 5.92 Å². The summed E-state index contributed by atoms with van der Waals surface area (Å²) in [5.41, 5.74) is 0.0940. The standard InChI is InChI=1S/C13H18O4S/c1-3-10(4-2)9-18(16,17)12-7-5-11(6-8-12)13(14)15/h5-8,10H,3-4,9H2,1-2H3,(H,14,15). The van der Waals surface area contributed by atoms with Crippen molar-refractivity contribution >= 4 is 15.8 Å². The number of hydrogen-bond donors (Lipinski definition) is 1. The van der Waals surface area contributed by atoms with Crippen LogP contribution in [0.2, 0.25) is 0 Å². The summed E-state index contributed by atoms with van der Waals surface area (Å²) in [7, 11) is -3.32. The van der Waals surface area contributed by atoms with Crippen LogP contribution in [-0.4, -0.2) is 25.2 Å². The molecule has 0 atom stereocenters. The van der Waals surface area contributed by atoms with Crippen molar-refractivity contribution < 1.29 is 18.3 Å². The fourth-order valence-electron chi connectivity index (χ4n) is 1.74. The average molecular weight is 270 g/mol. The van der Waals surface area contributed by atoms with Crippen LogP contribution in [0, 0.1) is 5.92 Å². The van der Waals surface area contributed by atoms with E-state index in [1.807, 2.05) is 13.8 Å². The molecule has 0 radical (unpaired) electrons. The largest absolute Gasteiger partial charge is 0.478 e. The van der Waals surface area contributed by atoms with E-state index in [1.54, 1.807) is 0 Å². The fraction of sp³-hybridized carbons (Fsp3) is 0.462. The molecule has 0 amide bonds. The second-order valence-electron chi connectivity index (χ2n) is 4.29. The van der Waals surface area contributed by atoms with Crippen LogP contribution in [0.1, 0.15) is 37.0 Å². The molecule has 0 aliphatic rings. The topological polar surface area (TPSA) is 71.4 Å². The number of rotatable bonds is 6. The molecule has 0 bridgehead atoms. The van der Waals surface area contributed by atoms with Crippen molar-refractivity contribution in [3.05, 3.63) is 29.8 Å². The summed E-state index contributed by atoms with van der Waals surface area (Å²) in [4.78, 5) is 10.9. The van der Waals surface area contributed by atoms with Crippen LogP contribution in [0.4, 0.5) is 0 Å². The third-order valence-electron chi connectivity index (χ3n) is 3.07. The Morgan fingerprint density at radius 2 is 1.67 bits per heavy atom. The van der Waals surface area contributed by atoms with Crippen LogP contribution < -0.4 is 0 Å². The monoisotopic (exact) mass is 270 g/mol. The number of hydrogen-bond acceptors (Lipinski definition) is 3. The predicted molar refractivity (Wildman–Crippen MR) is 69.5 cm³/mol. The van der Waals surface area contributed by atoms with E-state index in [1.165, 1.54) is 24.3 Å². The Morgan fingerprint density at radius 3 is 2.06 bits per heavy atom. The molecule has 18 heavy (non-hydrogen) atoms. The Bertz CT molecular complexity index is 498. The molecule has 1 rings (SSSR count). The number of carbonyl (C=O) groups is 1. The van der Waals surface area contributed by atoms with Gasteiger partial charge in [0.1, 0.15) is 0 Å². The van der Waals surface area contributed by atoms with E-state index in [4.69, 9.17) is 5.11 Å². The maximum atomic E-state index is 12.1. The van der Waals surface area contributed by atoms with Crippen molar-refractivity contribution in [3.8, 4) is 0 Å². The summed E-state index contributed by atoms with van der Waals surface area (Å²) in [6.07, 6.45) is 1.64. The third-order valence-corrected chi connectivity index (χ3v) is 4.97. The Hall–Kier alpha value is -1.36. The van der Waals surface area contributed by atoms with E-state index in [0.717, 1.165) is 12.8 Å². The quantitative estimate of drug-likeness (QED) is 0.862. The fourth-order valence-corrected chi connectivity index (χ4v) is 3.57. The second-order valence-corrected chi connectivity index (χ2v) is 6.33. The van der Waals surface area contributed by atoms with Gasteiger partial charge in [0.2, 0.25) is 0 Å². The summed E-state index contributed by atoms with van der Waals surface area (Å²) in [6, 6.07) is 5.37. The summed E-state index contributed by atoms with van der Waals surface area (Å²) in [6.45, 7) is 3.94. The molecule has 0 aromatic heterocycles. The highest BCUT2D eigenvalue weighted by atomic mass is 32.2. The first-order chi connectivity index (χ1) is 8.40. The van der Waals surface area contributed by atoms with Gasteiger partial charge in [0.25, 0.3) is 0 Å². The highest BCUT2D eigenvalue weighted by molar-refractivity contribution is 7.91. The Balaban J connectivity index is 2.95. The van der Waals surface area contributed by atoms with Crippen molar-refractivity contribution in [2.75, 3.05) is 5.75 Å². The molecule has 0 aliphatic heterocycles. The van der Waals surface area contributed by atoms with E-state index in [2.05, 4.69) is 0 Å². The molecular formula is C13H18O4S. The van der Waals surface area contributed by atoms with E-state index in [0.29, 0.717) is 0 Å². The molecule has 1 aromatic rings. The number of carboxylic acid groups (broad SMARTS) is 1. The molecule has 5 heteroatoms. The van der Waals surface area contributed by atoms with Gasteiger partial charge in [-0.3, -0.25) is 0 Å². The molecule has 0 saturated carbocycles. The van der Waals surface area contributed by atoms with Crippen LogP contribution in [0.5, 0.6) is 0 Å². The molecule has 0 saturated heterocycles. The van der Waals surface area contributed by atoms with Crippen LogP contribution in [-0.2, 0) is 9.84 Å². The van der Waals surface area contributed by atoms with Gasteiger partial charge in [-0.1, -0.05) is 26.7 Å². The first kappa shape index (κ1) is 14.7. The molecule has 4 nitrogen and oxygen atoms in total. The SMILES string of the molecule is CCC(CC)CS(=O)(=O)c1ccc(C(=O)O)cc1. The summed E-state index contributed by atoms with van der Waals surface area (Å²) < 4.78 is 24.2. The molecule has 0 fully saturated rings. The number of benzene rings is 1. The van der Waals surface area contributed by atoms with Crippen molar-refractivity contribution in [2.45, 2.75) is 31.6 Å². The number of sulfone groups is 1. The molecule has 0 heterocycles. The summed E-state index contributed by atoms with van der Waals surface area (Å²) >= 11 is 0. The van der Waals surface area contributed by atoms with Gasteiger partial charge in [-0.2, -0.15) is 0 Å². The minimum atomic E-state index is -3.32. The Morgan fingerprint density at radius 1 is 1.17 bits per heavy atom. The number of carboxylic acids is 1. The molecule has 1 N–H and O–H groups in total. The zero-order valence-corrected chi connectivity index (χ0v) is 11.4. The van der Waals surface area contributed by atoms with Gasteiger partial charge in [-0.05, 0) is 30.2 Å². The van der Waals surface area contributed by atoms with Crippen molar-refractivity contribution in [1.29, 1.82) is 0 Å².